The first-order valence-corrected chi connectivity index (χ1v) is 9.77. The van der Waals surface area contributed by atoms with Crippen molar-refractivity contribution in [2.75, 3.05) is 6.61 Å². The number of ether oxygens (including phenoxy) is 1. The van der Waals surface area contributed by atoms with Gasteiger partial charge in [0.1, 0.15) is 10.9 Å². The van der Waals surface area contributed by atoms with Gasteiger partial charge in [0.05, 0.1) is 12.5 Å². The summed E-state index contributed by atoms with van der Waals surface area (Å²) in [5, 5.41) is 0.211. The van der Waals surface area contributed by atoms with Crippen molar-refractivity contribution in [2.24, 2.45) is 5.92 Å². The van der Waals surface area contributed by atoms with Gasteiger partial charge in [-0.05, 0) is 37.5 Å². The minimum Gasteiger partial charge on any atom is -0.466 e. The van der Waals surface area contributed by atoms with E-state index < -0.39 is 5.92 Å². The minimum atomic E-state index is -0.777. The summed E-state index contributed by atoms with van der Waals surface area (Å²) in [7, 11) is 0. The SMILES string of the molecule is CCOC(=O)CCCCC(C(=O)Cc1ccccc1)C(=O)c1ccnc(Cl)c1. The first-order chi connectivity index (χ1) is 13.5. The second kappa shape index (κ2) is 11.3. The molecule has 1 atom stereocenters. The van der Waals surface area contributed by atoms with Gasteiger partial charge in [0.15, 0.2) is 5.78 Å². The van der Waals surface area contributed by atoms with Gasteiger partial charge in [-0.3, -0.25) is 14.4 Å². The zero-order chi connectivity index (χ0) is 20.4. The van der Waals surface area contributed by atoms with Gasteiger partial charge < -0.3 is 4.74 Å². The number of halogens is 1. The molecular weight excluding hydrogens is 378 g/mol. The molecule has 0 aliphatic rings. The summed E-state index contributed by atoms with van der Waals surface area (Å²) in [6.07, 6.45) is 3.45. The number of carbonyl (C=O) groups is 3. The van der Waals surface area contributed by atoms with Gasteiger partial charge in [-0.1, -0.05) is 48.4 Å². The molecule has 0 fully saturated rings. The molecule has 1 aromatic heterocycles. The first-order valence-electron chi connectivity index (χ1n) is 9.39. The lowest BCUT2D eigenvalue weighted by Crippen LogP contribution is -2.26. The molecule has 5 nitrogen and oxygen atoms in total. The molecule has 0 N–H and O–H groups in total. The normalized spacial score (nSPS) is 11.6. The van der Waals surface area contributed by atoms with Gasteiger partial charge in [-0.2, -0.15) is 0 Å². The summed E-state index contributed by atoms with van der Waals surface area (Å²) in [5.74, 6) is -1.44. The molecular formula is C22H24ClNO4. The second-order valence-corrected chi connectivity index (χ2v) is 6.85. The summed E-state index contributed by atoms with van der Waals surface area (Å²) in [6, 6.07) is 12.4. The van der Waals surface area contributed by atoms with Crippen LogP contribution in [-0.2, 0) is 20.7 Å². The van der Waals surface area contributed by atoms with Crippen LogP contribution in [0.5, 0.6) is 0 Å². The maximum atomic E-state index is 13.0. The number of hydrogen-bond acceptors (Lipinski definition) is 5. The van der Waals surface area contributed by atoms with E-state index in [4.69, 9.17) is 16.3 Å². The predicted molar refractivity (Wildman–Crippen MR) is 107 cm³/mol. The van der Waals surface area contributed by atoms with Crippen molar-refractivity contribution in [2.45, 2.75) is 39.0 Å². The molecule has 2 rings (SSSR count). The highest BCUT2D eigenvalue weighted by Gasteiger charge is 2.27. The van der Waals surface area contributed by atoms with Crippen molar-refractivity contribution in [3.63, 3.8) is 0 Å². The summed E-state index contributed by atoms with van der Waals surface area (Å²) < 4.78 is 4.91. The number of ketones is 2. The molecule has 0 saturated carbocycles. The van der Waals surface area contributed by atoms with Gasteiger partial charge >= 0.3 is 5.97 Å². The molecule has 0 aliphatic heterocycles. The Morgan fingerprint density at radius 2 is 1.86 bits per heavy atom. The van der Waals surface area contributed by atoms with Crippen LogP contribution in [0.2, 0.25) is 5.15 Å². The van der Waals surface area contributed by atoms with Crippen molar-refractivity contribution in [1.82, 2.24) is 4.98 Å². The van der Waals surface area contributed by atoms with E-state index in [2.05, 4.69) is 4.98 Å². The second-order valence-electron chi connectivity index (χ2n) is 6.46. The zero-order valence-corrected chi connectivity index (χ0v) is 16.7. The van der Waals surface area contributed by atoms with Crippen LogP contribution >= 0.6 is 11.6 Å². The van der Waals surface area contributed by atoms with Crippen LogP contribution in [0.15, 0.2) is 48.7 Å². The van der Waals surface area contributed by atoms with Crippen LogP contribution in [-0.4, -0.2) is 29.1 Å². The Morgan fingerprint density at radius 1 is 1.11 bits per heavy atom. The fourth-order valence-corrected chi connectivity index (χ4v) is 3.14. The standard InChI is InChI=1S/C22H24ClNO4/c1-2-28-21(26)11-7-6-10-18(19(25)14-16-8-4-3-5-9-16)22(27)17-12-13-24-20(23)15-17/h3-5,8-9,12-13,15,18H,2,6-7,10-11,14H2,1H3. The fraction of sp³-hybridized carbons (Fsp3) is 0.364. The Kier molecular flexibility index (Phi) is 8.82. The largest absolute Gasteiger partial charge is 0.466 e. The minimum absolute atomic E-state index is 0.139. The van der Waals surface area contributed by atoms with E-state index >= 15 is 0 Å². The van der Waals surface area contributed by atoms with Gasteiger partial charge in [0.2, 0.25) is 0 Å². The summed E-state index contributed by atoms with van der Waals surface area (Å²) in [6.45, 7) is 2.10. The van der Waals surface area contributed by atoms with Crippen LogP contribution in [0.25, 0.3) is 0 Å². The van der Waals surface area contributed by atoms with E-state index in [1.54, 1.807) is 13.0 Å². The highest BCUT2D eigenvalue weighted by molar-refractivity contribution is 6.29. The van der Waals surface area contributed by atoms with Crippen molar-refractivity contribution in [3.05, 3.63) is 64.9 Å². The number of esters is 1. The van der Waals surface area contributed by atoms with Crippen molar-refractivity contribution in [3.8, 4) is 0 Å². The first kappa shape index (κ1) is 21.8. The molecule has 1 unspecified atom stereocenters. The molecule has 0 bridgehead atoms. The molecule has 0 spiro atoms. The van der Waals surface area contributed by atoms with E-state index in [1.165, 1.54) is 12.3 Å². The summed E-state index contributed by atoms with van der Waals surface area (Å²) in [5.41, 5.74) is 1.24. The molecule has 6 heteroatoms. The van der Waals surface area contributed by atoms with Gasteiger partial charge in [0.25, 0.3) is 0 Å². The molecule has 0 radical (unpaired) electrons. The van der Waals surface area contributed by atoms with Crippen molar-refractivity contribution >= 4 is 29.1 Å². The molecule has 1 heterocycles. The highest BCUT2D eigenvalue weighted by Crippen LogP contribution is 2.21. The Morgan fingerprint density at radius 3 is 2.54 bits per heavy atom. The van der Waals surface area contributed by atoms with Crippen LogP contribution in [0, 0.1) is 5.92 Å². The number of nitrogens with zero attached hydrogens (tertiary/aromatic N) is 1. The van der Waals surface area contributed by atoms with Gasteiger partial charge in [-0.25, -0.2) is 4.98 Å². The summed E-state index contributed by atoms with van der Waals surface area (Å²) >= 11 is 5.89. The molecule has 28 heavy (non-hydrogen) atoms. The topological polar surface area (TPSA) is 73.3 Å². The van der Waals surface area contributed by atoms with E-state index in [0.29, 0.717) is 31.4 Å². The molecule has 0 aliphatic carbocycles. The molecule has 0 amide bonds. The third-order valence-electron chi connectivity index (χ3n) is 4.37. The fourth-order valence-electron chi connectivity index (χ4n) is 2.97. The van der Waals surface area contributed by atoms with E-state index in [9.17, 15) is 14.4 Å². The number of rotatable bonds is 11. The Hall–Kier alpha value is -2.53. The molecule has 2 aromatic rings. The Labute approximate surface area is 170 Å². The number of hydrogen-bond donors (Lipinski definition) is 0. The average molecular weight is 402 g/mol. The monoisotopic (exact) mass is 401 g/mol. The van der Waals surface area contributed by atoms with E-state index in [1.807, 2.05) is 30.3 Å². The summed E-state index contributed by atoms with van der Waals surface area (Å²) in [4.78, 5) is 41.2. The predicted octanol–water partition coefficient (Wildman–Crippen LogP) is 4.47. The maximum Gasteiger partial charge on any atom is 0.305 e. The quantitative estimate of drug-likeness (QED) is 0.182. The van der Waals surface area contributed by atoms with E-state index in [0.717, 1.165) is 5.56 Å². The third-order valence-corrected chi connectivity index (χ3v) is 4.57. The average Bonchev–Trinajstić information content (AvgIpc) is 2.68. The van der Waals surface area contributed by atoms with E-state index in [-0.39, 0.29) is 35.5 Å². The van der Waals surface area contributed by atoms with Crippen LogP contribution in [0.3, 0.4) is 0 Å². The lowest BCUT2D eigenvalue weighted by atomic mass is 9.86. The van der Waals surface area contributed by atoms with Gasteiger partial charge in [-0.15, -0.1) is 0 Å². The highest BCUT2D eigenvalue weighted by atomic mass is 35.5. The maximum absolute atomic E-state index is 13.0. The van der Waals surface area contributed by atoms with Crippen molar-refractivity contribution in [1.29, 1.82) is 0 Å². The number of unbranched alkanes of at least 4 members (excludes halogenated alkanes) is 1. The van der Waals surface area contributed by atoms with Crippen LogP contribution in [0.4, 0.5) is 0 Å². The third kappa shape index (κ3) is 6.89. The number of benzene rings is 1. The zero-order valence-electron chi connectivity index (χ0n) is 15.9. The lowest BCUT2D eigenvalue weighted by Gasteiger charge is -2.15. The number of pyridine rings is 1. The lowest BCUT2D eigenvalue weighted by molar-refractivity contribution is -0.143. The number of Topliss-reactive ketones (excluding diaryl/α,β-unsaturated/α-hetero) is 2. The van der Waals surface area contributed by atoms with Crippen LogP contribution < -0.4 is 0 Å². The van der Waals surface area contributed by atoms with Crippen molar-refractivity contribution < 1.29 is 19.1 Å². The van der Waals surface area contributed by atoms with Gasteiger partial charge in [0, 0.05) is 24.6 Å². The van der Waals surface area contributed by atoms with Crippen LogP contribution in [0.1, 0.15) is 48.5 Å². The Bertz CT molecular complexity index is 807. The smallest absolute Gasteiger partial charge is 0.305 e. The number of aromatic nitrogens is 1. The molecule has 1 aromatic carbocycles. The Balaban J connectivity index is 2.07. The molecule has 148 valence electrons. The molecule has 0 saturated heterocycles. The number of carbonyl (C=O) groups excluding carboxylic acids is 3.